The zero-order chi connectivity index (χ0) is 13.7. The molecule has 7 nitrogen and oxygen atoms in total. The van der Waals surface area contributed by atoms with E-state index in [9.17, 15) is 14.4 Å². The van der Waals surface area contributed by atoms with Gasteiger partial charge in [0.1, 0.15) is 12.6 Å². The van der Waals surface area contributed by atoms with Crippen molar-refractivity contribution in [1.29, 1.82) is 0 Å². The molecule has 0 aliphatic carbocycles. The number of nitrogens with one attached hydrogen (secondary N) is 1. The summed E-state index contributed by atoms with van der Waals surface area (Å²) >= 11 is 0. The normalized spacial score (nSPS) is 21.7. The maximum absolute atomic E-state index is 12.1. The molecule has 0 spiro atoms. The number of imide groups is 1. The van der Waals surface area contributed by atoms with E-state index in [2.05, 4.69) is 5.32 Å². The summed E-state index contributed by atoms with van der Waals surface area (Å²) in [4.78, 5) is 36.2. The summed E-state index contributed by atoms with van der Waals surface area (Å²) in [5, 5.41) is 2.21. The number of hydrogen-bond donors (Lipinski definition) is 2. The minimum atomic E-state index is -0.752. The molecule has 1 heterocycles. The Balaban J connectivity index is 2.74. The number of carbonyl (C=O) groups excluding carboxylic acids is 3. The molecule has 2 atom stereocenters. The number of nitrogens with zero attached hydrogens (tertiary/aromatic N) is 1. The van der Waals surface area contributed by atoms with E-state index in [0.717, 1.165) is 0 Å². The predicted octanol–water partition coefficient (Wildman–Crippen LogP) is -1.39. The van der Waals surface area contributed by atoms with Crippen molar-refractivity contribution in [3.05, 3.63) is 0 Å². The van der Waals surface area contributed by atoms with E-state index >= 15 is 0 Å². The van der Waals surface area contributed by atoms with Crippen molar-refractivity contribution in [3.8, 4) is 0 Å². The molecule has 0 aromatic rings. The zero-order valence-electron chi connectivity index (χ0n) is 10.6. The van der Waals surface area contributed by atoms with Gasteiger partial charge in [0.15, 0.2) is 0 Å². The Morgan fingerprint density at radius 3 is 2.83 bits per heavy atom. The zero-order valence-corrected chi connectivity index (χ0v) is 10.6. The minimum absolute atomic E-state index is 0.121. The van der Waals surface area contributed by atoms with E-state index in [1.54, 1.807) is 6.92 Å². The molecule has 102 valence electrons. The van der Waals surface area contributed by atoms with Gasteiger partial charge in [0.05, 0.1) is 6.04 Å². The van der Waals surface area contributed by atoms with Crippen molar-refractivity contribution in [1.82, 2.24) is 10.2 Å². The largest absolute Gasteiger partial charge is 0.385 e. The van der Waals surface area contributed by atoms with E-state index in [0.29, 0.717) is 19.4 Å². The molecule has 0 radical (unpaired) electrons. The lowest BCUT2D eigenvalue weighted by molar-refractivity contribution is -0.151. The number of methoxy groups -OCH3 is 1. The second kappa shape index (κ2) is 6.46. The third kappa shape index (κ3) is 3.27. The molecule has 3 N–H and O–H groups in total. The number of hydrogen-bond acceptors (Lipinski definition) is 5. The predicted molar refractivity (Wildman–Crippen MR) is 63.4 cm³/mol. The standard InChI is InChI=1S/C11H19N3O4/c1-3-8-10(16)13-9(15)6-14(8)11(17)7(12)4-5-18-2/h7-8H,3-6,12H2,1-2H3,(H,13,15,16). The molecule has 2 unspecified atom stereocenters. The van der Waals surface area contributed by atoms with Gasteiger partial charge >= 0.3 is 0 Å². The molecule has 1 rings (SSSR count). The molecular formula is C11H19N3O4. The number of carbonyl (C=O) groups is 3. The Labute approximate surface area is 106 Å². The molecule has 3 amide bonds. The average Bonchev–Trinajstić information content (AvgIpc) is 2.34. The van der Waals surface area contributed by atoms with Gasteiger partial charge in [-0.1, -0.05) is 6.92 Å². The van der Waals surface area contributed by atoms with Crippen molar-refractivity contribution in [2.24, 2.45) is 5.73 Å². The molecule has 0 aromatic heterocycles. The molecule has 1 fully saturated rings. The van der Waals surface area contributed by atoms with E-state index in [4.69, 9.17) is 10.5 Å². The lowest BCUT2D eigenvalue weighted by Crippen LogP contribution is -2.62. The van der Waals surface area contributed by atoms with Crippen LogP contribution < -0.4 is 11.1 Å². The first-order valence-corrected chi connectivity index (χ1v) is 5.90. The highest BCUT2D eigenvalue weighted by atomic mass is 16.5. The number of amides is 3. The Kier molecular flexibility index (Phi) is 5.24. The van der Waals surface area contributed by atoms with Crippen LogP contribution in [0.15, 0.2) is 0 Å². The molecule has 1 aliphatic heterocycles. The smallest absolute Gasteiger partial charge is 0.249 e. The molecule has 0 saturated carbocycles. The van der Waals surface area contributed by atoms with Crippen molar-refractivity contribution in [3.63, 3.8) is 0 Å². The Morgan fingerprint density at radius 2 is 2.28 bits per heavy atom. The van der Waals surface area contributed by atoms with Crippen LogP contribution in [0.25, 0.3) is 0 Å². The van der Waals surface area contributed by atoms with Crippen molar-refractivity contribution < 1.29 is 19.1 Å². The van der Waals surface area contributed by atoms with Crippen LogP contribution in [0.2, 0.25) is 0 Å². The van der Waals surface area contributed by atoms with Gasteiger partial charge < -0.3 is 15.4 Å². The Bertz CT molecular complexity index is 345. The summed E-state index contributed by atoms with van der Waals surface area (Å²) < 4.78 is 4.85. The van der Waals surface area contributed by atoms with E-state index < -0.39 is 23.9 Å². The van der Waals surface area contributed by atoms with Crippen LogP contribution in [-0.2, 0) is 19.1 Å². The second-order valence-corrected chi connectivity index (χ2v) is 4.19. The van der Waals surface area contributed by atoms with E-state index in [1.165, 1.54) is 12.0 Å². The first-order valence-electron chi connectivity index (χ1n) is 5.90. The van der Waals surface area contributed by atoms with Crippen molar-refractivity contribution >= 4 is 17.7 Å². The van der Waals surface area contributed by atoms with Crippen LogP contribution in [-0.4, -0.2) is 55.0 Å². The summed E-state index contributed by atoms with van der Waals surface area (Å²) in [7, 11) is 1.52. The lowest BCUT2D eigenvalue weighted by atomic mass is 10.1. The molecular weight excluding hydrogens is 238 g/mol. The van der Waals surface area contributed by atoms with Gasteiger partial charge in [-0.25, -0.2) is 0 Å². The SMILES string of the molecule is CCC1C(=O)NC(=O)CN1C(=O)C(N)CCOC. The van der Waals surface area contributed by atoms with Crippen molar-refractivity contribution in [2.45, 2.75) is 31.8 Å². The van der Waals surface area contributed by atoms with Gasteiger partial charge in [0.25, 0.3) is 0 Å². The maximum Gasteiger partial charge on any atom is 0.249 e. The van der Waals surface area contributed by atoms with Crippen LogP contribution >= 0.6 is 0 Å². The Morgan fingerprint density at radius 1 is 1.61 bits per heavy atom. The van der Waals surface area contributed by atoms with Gasteiger partial charge in [-0.3, -0.25) is 19.7 Å². The van der Waals surface area contributed by atoms with Crippen molar-refractivity contribution in [2.75, 3.05) is 20.3 Å². The number of nitrogens with two attached hydrogens (primary N) is 1. The first-order chi connectivity index (χ1) is 8.51. The number of piperazine rings is 1. The highest BCUT2D eigenvalue weighted by Crippen LogP contribution is 2.11. The third-order valence-corrected chi connectivity index (χ3v) is 2.88. The fourth-order valence-electron chi connectivity index (χ4n) is 1.89. The Hall–Kier alpha value is -1.47. The summed E-state index contributed by atoms with van der Waals surface area (Å²) in [6, 6.07) is -1.37. The highest BCUT2D eigenvalue weighted by molar-refractivity contribution is 6.04. The summed E-state index contributed by atoms with van der Waals surface area (Å²) in [5.74, 6) is -1.31. The van der Waals surface area contributed by atoms with Gasteiger partial charge in [-0.05, 0) is 12.8 Å². The molecule has 18 heavy (non-hydrogen) atoms. The fraction of sp³-hybridized carbons (Fsp3) is 0.727. The third-order valence-electron chi connectivity index (χ3n) is 2.88. The molecule has 0 aromatic carbocycles. The van der Waals surface area contributed by atoms with E-state index in [-0.39, 0.29) is 12.5 Å². The number of rotatable bonds is 5. The van der Waals surface area contributed by atoms with Gasteiger partial charge in [-0.15, -0.1) is 0 Å². The van der Waals surface area contributed by atoms with Crippen LogP contribution in [0.4, 0.5) is 0 Å². The monoisotopic (exact) mass is 257 g/mol. The molecule has 1 saturated heterocycles. The van der Waals surface area contributed by atoms with Crippen LogP contribution in [0.3, 0.4) is 0 Å². The lowest BCUT2D eigenvalue weighted by Gasteiger charge is -2.34. The van der Waals surface area contributed by atoms with Crippen LogP contribution in [0.5, 0.6) is 0 Å². The van der Waals surface area contributed by atoms with Gasteiger partial charge in [-0.2, -0.15) is 0 Å². The highest BCUT2D eigenvalue weighted by Gasteiger charge is 2.37. The summed E-state index contributed by atoms with van der Waals surface area (Å²) in [5.41, 5.74) is 5.73. The van der Waals surface area contributed by atoms with Crippen LogP contribution in [0, 0.1) is 0 Å². The fourth-order valence-corrected chi connectivity index (χ4v) is 1.89. The minimum Gasteiger partial charge on any atom is -0.385 e. The quantitative estimate of drug-likeness (QED) is 0.591. The number of ether oxygens (including phenoxy) is 1. The second-order valence-electron chi connectivity index (χ2n) is 4.19. The summed E-state index contributed by atoms with van der Waals surface area (Å²) in [6.45, 7) is 2.02. The first kappa shape index (κ1) is 14.6. The topological polar surface area (TPSA) is 102 Å². The molecule has 1 aliphatic rings. The molecule has 0 bridgehead atoms. The average molecular weight is 257 g/mol. The van der Waals surface area contributed by atoms with Gasteiger partial charge in [0.2, 0.25) is 17.7 Å². The van der Waals surface area contributed by atoms with Crippen LogP contribution in [0.1, 0.15) is 19.8 Å². The maximum atomic E-state index is 12.1. The van der Waals surface area contributed by atoms with E-state index in [1.807, 2.05) is 0 Å². The molecule has 7 heteroatoms. The van der Waals surface area contributed by atoms with Gasteiger partial charge in [0, 0.05) is 13.7 Å². The summed E-state index contributed by atoms with van der Waals surface area (Å²) in [6.07, 6.45) is 0.805.